The Kier molecular flexibility index (Phi) is 5.51. The number of anilines is 1. The van der Waals surface area contributed by atoms with Gasteiger partial charge in [0.25, 0.3) is 0 Å². The van der Waals surface area contributed by atoms with E-state index in [0.29, 0.717) is 23.3 Å². The molecule has 1 fully saturated rings. The molecule has 4 rings (SSSR count). The quantitative estimate of drug-likeness (QED) is 0.381. The van der Waals surface area contributed by atoms with Gasteiger partial charge in [-0.3, -0.25) is 0 Å². The summed E-state index contributed by atoms with van der Waals surface area (Å²) in [5, 5.41) is 0.912. The maximum Gasteiger partial charge on any atom is 0.165 e. The molecule has 0 amide bonds. The van der Waals surface area contributed by atoms with E-state index in [-0.39, 0.29) is 0 Å². The third-order valence-electron chi connectivity index (χ3n) is 5.53. The second-order valence-electron chi connectivity index (χ2n) is 7.55. The molecule has 1 saturated carbocycles. The summed E-state index contributed by atoms with van der Waals surface area (Å²) in [5.74, 6) is 2.30. The van der Waals surface area contributed by atoms with E-state index >= 15 is 0 Å². The Bertz CT molecular complexity index is 987. The largest absolute Gasteiger partial charge is 0.398 e. The van der Waals surface area contributed by atoms with E-state index in [0.717, 1.165) is 35.1 Å². The van der Waals surface area contributed by atoms with Crippen LogP contribution in [0.25, 0.3) is 10.9 Å². The minimum Gasteiger partial charge on any atom is -0.398 e. The topological polar surface area (TPSA) is 90.2 Å². The summed E-state index contributed by atoms with van der Waals surface area (Å²) < 4.78 is 0. The molecule has 1 heterocycles. The molecule has 0 bridgehead atoms. The van der Waals surface area contributed by atoms with Crippen molar-refractivity contribution in [1.29, 1.82) is 0 Å². The Labute approximate surface area is 165 Å². The van der Waals surface area contributed by atoms with Crippen LogP contribution in [0.15, 0.2) is 53.5 Å². The van der Waals surface area contributed by atoms with Crippen molar-refractivity contribution in [3.8, 4) is 0 Å². The Hall–Kier alpha value is -2.95. The van der Waals surface area contributed by atoms with Gasteiger partial charge in [-0.15, -0.1) is 0 Å². The van der Waals surface area contributed by atoms with E-state index in [2.05, 4.69) is 4.99 Å². The van der Waals surface area contributed by atoms with Crippen molar-refractivity contribution in [2.45, 2.75) is 50.9 Å². The molecule has 0 atom stereocenters. The summed E-state index contributed by atoms with van der Waals surface area (Å²) in [5.41, 5.74) is 14.6. The fourth-order valence-electron chi connectivity index (χ4n) is 3.96. The summed E-state index contributed by atoms with van der Waals surface area (Å²) in [6.45, 7) is 0. The van der Waals surface area contributed by atoms with E-state index < -0.39 is 0 Å². The first-order valence-corrected chi connectivity index (χ1v) is 10.2. The number of fused-ring (bicyclic) bond motifs is 1. The van der Waals surface area contributed by atoms with Crippen LogP contribution in [0.3, 0.4) is 0 Å². The smallest absolute Gasteiger partial charge is 0.165 e. The predicted molar refractivity (Wildman–Crippen MR) is 116 cm³/mol. The molecule has 1 aliphatic carbocycles. The van der Waals surface area contributed by atoms with E-state index in [1.165, 1.54) is 32.1 Å². The lowest BCUT2D eigenvalue weighted by atomic mass is 9.90. The highest BCUT2D eigenvalue weighted by Gasteiger charge is 2.19. The molecule has 1 aliphatic rings. The SMILES string of the molecule is NC(=Nc1nc(C2CCCCCCC2)nc2ccccc12)c1ccccc1N. The first kappa shape index (κ1) is 18.4. The fourth-order valence-corrected chi connectivity index (χ4v) is 3.96. The molecule has 28 heavy (non-hydrogen) atoms. The molecule has 0 aliphatic heterocycles. The molecular formula is C23H27N5. The van der Waals surface area contributed by atoms with Crippen molar-refractivity contribution in [2.24, 2.45) is 10.7 Å². The number of rotatable bonds is 3. The molecule has 0 spiro atoms. The number of amidine groups is 1. The molecule has 3 aromatic rings. The minimum absolute atomic E-state index is 0.380. The molecule has 5 heteroatoms. The number of hydrogen-bond donors (Lipinski definition) is 2. The highest BCUT2D eigenvalue weighted by molar-refractivity contribution is 6.04. The Balaban J connectivity index is 1.78. The summed E-state index contributed by atoms with van der Waals surface area (Å²) >= 11 is 0. The Morgan fingerprint density at radius 1 is 0.857 bits per heavy atom. The van der Waals surface area contributed by atoms with Crippen molar-refractivity contribution in [3.05, 3.63) is 59.9 Å². The summed E-state index contributed by atoms with van der Waals surface area (Å²) in [7, 11) is 0. The van der Waals surface area contributed by atoms with Crippen LogP contribution in [0.1, 0.15) is 62.3 Å². The van der Waals surface area contributed by atoms with Gasteiger partial charge in [0.15, 0.2) is 5.82 Å². The lowest BCUT2D eigenvalue weighted by Gasteiger charge is -2.19. The third kappa shape index (κ3) is 3.98. The van der Waals surface area contributed by atoms with Crippen molar-refractivity contribution in [3.63, 3.8) is 0 Å². The lowest BCUT2D eigenvalue weighted by molar-refractivity contribution is 0.443. The highest BCUT2D eigenvalue weighted by Crippen LogP contribution is 2.32. The van der Waals surface area contributed by atoms with Crippen molar-refractivity contribution >= 4 is 28.2 Å². The van der Waals surface area contributed by atoms with Gasteiger partial charge in [0.2, 0.25) is 0 Å². The van der Waals surface area contributed by atoms with Gasteiger partial charge < -0.3 is 11.5 Å². The summed E-state index contributed by atoms with van der Waals surface area (Å²) in [6, 6.07) is 15.5. The Morgan fingerprint density at radius 2 is 1.54 bits per heavy atom. The molecule has 0 radical (unpaired) electrons. The van der Waals surface area contributed by atoms with E-state index in [4.69, 9.17) is 21.4 Å². The van der Waals surface area contributed by atoms with E-state index in [1.807, 2.05) is 48.5 Å². The summed E-state index contributed by atoms with van der Waals surface area (Å²) in [4.78, 5) is 14.4. The molecule has 4 N–H and O–H groups in total. The first-order chi connectivity index (χ1) is 13.7. The number of nitrogens with zero attached hydrogens (tertiary/aromatic N) is 3. The zero-order chi connectivity index (χ0) is 19.3. The van der Waals surface area contributed by atoms with Crippen LogP contribution in [0.2, 0.25) is 0 Å². The predicted octanol–water partition coefficient (Wildman–Crippen LogP) is 5.08. The second-order valence-corrected chi connectivity index (χ2v) is 7.55. The van der Waals surface area contributed by atoms with E-state index in [1.54, 1.807) is 0 Å². The number of para-hydroxylation sites is 2. The molecule has 144 valence electrons. The molecule has 2 aromatic carbocycles. The first-order valence-electron chi connectivity index (χ1n) is 10.2. The molecular weight excluding hydrogens is 346 g/mol. The van der Waals surface area contributed by atoms with Crippen molar-refractivity contribution < 1.29 is 0 Å². The zero-order valence-electron chi connectivity index (χ0n) is 16.1. The molecule has 1 aromatic heterocycles. The maximum absolute atomic E-state index is 6.30. The average molecular weight is 374 g/mol. The van der Waals surface area contributed by atoms with Crippen LogP contribution < -0.4 is 11.5 Å². The van der Waals surface area contributed by atoms with Gasteiger partial charge in [-0.05, 0) is 37.1 Å². The zero-order valence-corrected chi connectivity index (χ0v) is 16.1. The highest BCUT2D eigenvalue weighted by atomic mass is 15.0. The van der Waals surface area contributed by atoms with Crippen LogP contribution >= 0.6 is 0 Å². The van der Waals surface area contributed by atoms with Gasteiger partial charge in [0.1, 0.15) is 11.7 Å². The molecule has 5 nitrogen and oxygen atoms in total. The Morgan fingerprint density at radius 3 is 2.32 bits per heavy atom. The van der Waals surface area contributed by atoms with Crippen molar-refractivity contribution in [2.75, 3.05) is 5.73 Å². The van der Waals surface area contributed by atoms with Gasteiger partial charge in [-0.2, -0.15) is 0 Å². The third-order valence-corrected chi connectivity index (χ3v) is 5.53. The summed E-state index contributed by atoms with van der Waals surface area (Å²) in [6.07, 6.45) is 8.70. The van der Waals surface area contributed by atoms with Crippen LogP contribution in [0.4, 0.5) is 11.5 Å². The number of nitrogen functional groups attached to an aromatic ring is 1. The molecule has 0 saturated heterocycles. The van der Waals surface area contributed by atoms with Gasteiger partial charge in [0.05, 0.1) is 5.52 Å². The van der Waals surface area contributed by atoms with Crippen LogP contribution in [0, 0.1) is 0 Å². The number of hydrogen-bond acceptors (Lipinski definition) is 4. The van der Waals surface area contributed by atoms with Crippen LogP contribution in [0.5, 0.6) is 0 Å². The monoisotopic (exact) mass is 373 g/mol. The fraction of sp³-hybridized carbons (Fsp3) is 0.348. The van der Waals surface area contributed by atoms with Gasteiger partial charge in [-0.1, -0.05) is 56.4 Å². The standard InChI is InChI=1S/C23H27N5/c24-19-14-8-6-12-17(19)21(25)27-23-18-13-7-9-15-20(18)26-22(28-23)16-10-4-2-1-3-5-11-16/h6-9,12-16H,1-5,10-11,24H2,(H2,25,26,27,28). The van der Waals surface area contributed by atoms with E-state index in [9.17, 15) is 0 Å². The van der Waals surface area contributed by atoms with Crippen LogP contribution in [-0.2, 0) is 0 Å². The number of aliphatic imine (C=N–C) groups is 1. The molecule has 0 unspecified atom stereocenters. The maximum atomic E-state index is 6.30. The average Bonchev–Trinajstić information content (AvgIpc) is 2.68. The van der Waals surface area contributed by atoms with Gasteiger partial charge in [-0.25, -0.2) is 15.0 Å². The number of benzene rings is 2. The second kappa shape index (κ2) is 8.38. The minimum atomic E-state index is 0.380. The normalized spacial score (nSPS) is 16.6. The lowest BCUT2D eigenvalue weighted by Crippen LogP contribution is -2.15. The number of aromatic nitrogens is 2. The van der Waals surface area contributed by atoms with Crippen molar-refractivity contribution in [1.82, 2.24) is 9.97 Å². The number of nitrogens with two attached hydrogens (primary N) is 2. The van der Waals surface area contributed by atoms with Gasteiger partial charge >= 0.3 is 0 Å². The van der Waals surface area contributed by atoms with Crippen LogP contribution in [-0.4, -0.2) is 15.8 Å². The van der Waals surface area contributed by atoms with Gasteiger partial charge in [0, 0.05) is 22.6 Å².